The fourth-order valence-electron chi connectivity index (χ4n) is 4.88. The Morgan fingerprint density at radius 1 is 1.35 bits per heavy atom. The third kappa shape index (κ3) is 3.81. The fourth-order valence-corrected chi connectivity index (χ4v) is 4.88. The maximum Gasteiger partial charge on any atom is 0.0611 e. The summed E-state index contributed by atoms with van der Waals surface area (Å²) in [6.07, 6.45) is 10.6. The van der Waals surface area contributed by atoms with Gasteiger partial charge in [0.05, 0.1) is 19.3 Å². The first-order valence-corrected chi connectivity index (χ1v) is 10.4. The SMILES string of the molecule is CCOC1CC(CNC(c2cccnc2)C2CCC2)(N2CCOCC2)C1. The first kappa shape index (κ1) is 18.4. The Morgan fingerprint density at radius 2 is 2.15 bits per heavy atom. The second-order valence-electron chi connectivity index (χ2n) is 8.15. The summed E-state index contributed by atoms with van der Waals surface area (Å²) in [5.41, 5.74) is 1.57. The van der Waals surface area contributed by atoms with Crippen molar-refractivity contribution in [1.29, 1.82) is 0 Å². The topological polar surface area (TPSA) is 46.6 Å². The summed E-state index contributed by atoms with van der Waals surface area (Å²) in [5, 5.41) is 3.96. The Balaban J connectivity index is 1.44. The van der Waals surface area contributed by atoms with E-state index in [-0.39, 0.29) is 5.54 Å². The molecule has 4 rings (SSSR count). The van der Waals surface area contributed by atoms with Crippen molar-refractivity contribution in [2.75, 3.05) is 39.5 Å². The van der Waals surface area contributed by atoms with Crippen molar-refractivity contribution >= 4 is 0 Å². The zero-order valence-electron chi connectivity index (χ0n) is 16.0. The van der Waals surface area contributed by atoms with Gasteiger partial charge in [-0.25, -0.2) is 0 Å². The van der Waals surface area contributed by atoms with E-state index in [0.717, 1.165) is 58.2 Å². The highest BCUT2D eigenvalue weighted by Crippen LogP contribution is 2.42. The molecular weight excluding hydrogens is 326 g/mol. The summed E-state index contributed by atoms with van der Waals surface area (Å²) in [6, 6.07) is 4.73. The molecule has 1 aromatic rings. The highest BCUT2D eigenvalue weighted by molar-refractivity contribution is 5.17. The zero-order chi connectivity index (χ0) is 17.8. The van der Waals surface area contributed by atoms with E-state index in [1.165, 1.54) is 24.8 Å². The molecule has 5 heteroatoms. The molecule has 1 N–H and O–H groups in total. The molecule has 1 atom stereocenters. The monoisotopic (exact) mass is 359 g/mol. The van der Waals surface area contributed by atoms with Crippen LogP contribution in [-0.4, -0.2) is 61.0 Å². The molecule has 1 unspecified atom stereocenters. The van der Waals surface area contributed by atoms with Gasteiger partial charge in [-0.15, -0.1) is 0 Å². The highest BCUT2D eigenvalue weighted by atomic mass is 16.5. The molecule has 1 aliphatic heterocycles. The maximum atomic E-state index is 5.90. The van der Waals surface area contributed by atoms with Crippen molar-refractivity contribution in [3.63, 3.8) is 0 Å². The Hall–Kier alpha value is -1.01. The predicted octanol–water partition coefficient (Wildman–Crippen LogP) is 2.78. The number of nitrogens with zero attached hydrogens (tertiary/aromatic N) is 2. The summed E-state index contributed by atoms with van der Waals surface area (Å²) in [4.78, 5) is 7.02. The Bertz CT molecular complexity index is 552. The van der Waals surface area contributed by atoms with Gasteiger partial charge in [-0.05, 0) is 50.2 Å². The van der Waals surface area contributed by atoms with Crippen LogP contribution in [0.25, 0.3) is 0 Å². The van der Waals surface area contributed by atoms with Crippen LogP contribution in [0, 0.1) is 5.92 Å². The van der Waals surface area contributed by atoms with Gasteiger partial charge in [-0.3, -0.25) is 9.88 Å². The summed E-state index contributed by atoms with van der Waals surface area (Å²) in [5.74, 6) is 0.753. The second-order valence-corrected chi connectivity index (χ2v) is 8.15. The summed E-state index contributed by atoms with van der Waals surface area (Å²) >= 11 is 0. The van der Waals surface area contributed by atoms with E-state index in [2.05, 4.69) is 34.3 Å². The Labute approximate surface area is 157 Å². The van der Waals surface area contributed by atoms with Crippen LogP contribution >= 0.6 is 0 Å². The van der Waals surface area contributed by atoms with E-state index >= 15 is 0 Å². The summed E-state index contributed by atoms with van der Waals surface area (Å²) in [7, 11) is 0. The van der Waals surface area contributed by atoms with Gasteiger partial charge in [-0.1, -0.05) is 12.5 Å². The molecule has 144 valence electrons. The van der Waals surface area contributed by atoms with Gasteiger partial charge >= 0.3 is 0 Å². The lowest BCUT2D eigenvalue weighted by molar-refractivity contribution is -0.127. The predicted molar refractivity (Wildman–Crippen MR) is 102 cm³/mol. The van der Waals surface area contributed by atoms with Crippen molar-refractivity contribution in [1.82, 2.24) is 15.2 Å². The number of aromatic nitrogens is 1. The van der Waals surface area contributed by atoms with Crippen molar-refractivity contribution in [2.45, 2.75) is 56.7 Å². The molecule has 0 bridgehead atoms. The van der Waals surface area contributed by atoms with Gasteiger partial charge in [0.2, 0.25) is 0 Å². The Kier molecular flexibility index (Phi) is 5.89. The molecule has 2 saturated carbocycles. The summed E-state index contributed by atoms with van der Waals surface area (Å²) < 4.78 is 11.5. The standard InChI is InChI=1S/C21H33N3O2/c1-2-26-19-13-21(14-19,24-9-11-25-12-10-24)16-23-20(17-5-3-6-17)18-7-4-8-22-15-18/h4,7-8,15,17,19-20,23H,2-3,5-6,9-14,16H2,1H3. The lowest BCUT2D eigenvalue weighted by Gasteiger charge is -2.55. The van der Waals surface area contributed by atoms with Gasteiger partial charge in [0, 0.05) is 50.2 Å². The number of pyridine rings is 1. The number of hydrogen-bond donors (Lipinski definition) is 1. The minimum Gasteiger partial charge on any atom is -0.379 e. The molecule has 0 spiro atoms. The largest absolute Gasteiger partial charge is 0.379 e. The molecule has 2 heterocycles. The number of morpholine rings is 1. The van der Waals surface area contributed by atoms with Gasteiger partial charge in [0.25, 0.3) is 0 Å². The quantitative estimate of drug-likeness (QED) is 0.773. The lowest BCUT2D eigenvalue weighted by Crippen LogP contribution is -2.67. The molecule has 0 amide bonds. The van der Waals surface area contributed by atoms with Crippen molar-refractivity contribution < 1.29 is 9.47 Å². The van der Waals surface area contributed by atoms with Gasteiger partial charge in [-0.2, -0.15) is 0 Å². The van der Waals surface area contributed by atoms with Crippen LogP contribution in [0.3, 0.4) is 0 Å². The number of rotatable bonds is 8. The van der Waals surface area contributed by atoms with Gasteiger partial charge in [0.1, 0.15) is 0 Å². The fraction of sp³-hybridized carbons (Fsp3) is 0.762. The van der Waals surface area contributed by atoms with E-state index in [9.17, 15) is 0 Å². The van der Waals surface area contributed by atoms with E-state index < -0.39 is 0 Å². The van der Waals surface area contributed by atoms with Gasteiger partial charge < -0.3 is 14.8 Å². The zero-order valence-corrected chi connectivity index (χ0v) is 16.0. The van der Waals surface area contributed by atoms with Crippen LogP contribution in [0.5, 0.6) is 0 Å². The lowest BCUT2D eigenvalue weighted by atomic mass is 9.71. The molecule has 1 saturated heterocycles. The van der Waals surface area contributed by atoms with E-state index in [4.69, 9.17) is 9.47 Å². The van der Waals surface area contributed by atoms with Crippen LogP contribution in [0.4, 0.5) is 0 Å². The van der Waals surface area contributed by atoms with Crippen LogP contribution in [-0.2, 0) is 9.47 Å². The molecule has 5 nitrogen and oxygen atoms in total. The highest BCUT2D eigenvalue weighted by Gasteiger charge is 2.49. The Morgan fingerprint density at radius 3 is 2.77 bits per heavy atom. The van der Waals surface area contributed by atoms with Crippen LogP contribution in [0.1, 0.15) is 50.6 Å². The molecular formula is C21H33N3O2. The molecule has 26 heavy (non-hydrogen) atoms. The first-order valence-electron chi connectivity index (χ1n) is 10.4. The van der Waals surface area contributed by atoms with Crippen molar-refractivity contribution in [3.05, 3.63) is 30.1 Å². The molecule has 0 aromatic carbocycles. The molecule has 1 aromatic heterocycles. The average molecular weight is 360 g/mol. The molecule has 3 aliphatic rings. The van der Waals surface area contributed by atoms with E-state index in [1.54, 1.807) is 0 Å². The van der Waals surface area contributed by atoms with Crippen molar-refractivity contribution in [2.24, 2.45) is 5.92 Å². The molecule has 0 radical (unpaired) electrons. The maximum absolute atomic E-state index is 5.90. The minimum absolute atomic E-state index is 0.230. The molecule has 3 fully saturated rings. The molecule has 2 aliphatic carbocycles. The average Bonchev–Trinajstić information content (AvgIpc) is 2.62. The smallest absolute Gasteiger partial charge is 0.0611 e. The minimum atomic E-state index is 0.230. The van der Waals surface area contributed by atoms with Crippen LogP contribution in [0.2, 0.25) is 0 Å². The number of hydrogen-bond acceptors (Lipinski definition) is 5. The summed E-state index contributed by atoms with van der Waals surface area (Å²) in [6.45, 7) is 7.75. The van der Waals surface area contributed by atoms with Crippen molar-refractivity contribution in [3.8, 4) is 0 Å². The second kappa shape index (κ2) is 8.34. The van der Waals surface area contributed by atoms with E-state index in [1.807, 2.05) is 12.4 Å². The first-order chi connectivity index (χ1) is 12.8. The normalized spacial score (nSPS) is 31.2. The third-order valence-corrected chi connectivity index (χ3v) is 6.62. The van der Waals surface area contributed by atoms with Crippen LogP contribution in [0.15, 0.2) is 24.5 Å². The number of nitrogens with one attached hydrogen (secondary N) is 1. The third-order valence-electron chi connectivity index (χ3n) is 6.62. The van der Waals surface area contributed by atoms with E-state index in [0.29, 0.717) is 12.1 Å². The van der Waals surface area contributed by atoms with Gasteiger partial charge in [0.15, 0.2) is 0 Å². The number of ether oxygens (including phenoxy) is 2. The van der Waals surface area contributed by atoms with Crippen LogP contribution < -0.4 is 5.32 Å².